The second-order valence-electron chi connectivity index (χ2n) is 8.39. The highest BCUT2D eigenvalue weighted by Crippen LogP contribution is 2.37. The van der Waals surface area contributed by atoms with Gasteiger partial charge in [-0.2, -0.15) is 0 Å². The Morgan fingerprint density at radius 2 is 1.69 bits per heavy atom. The number of carbonyl (C=O) groups is 3. The van der Waals surface area contributed by atoms with E-state index >= 15 is 0 Å². The summed E-state index contributed by atoms with van der Waals surface area (Å²) in [5, 5.41) is 9.65. The zero-order valence-electron chi connectivity index (χ0n) is 20.4. The van der Waals surface area contributed by atoms with Crippen LogP contribution in [-0.4, -0.2) is 43.2 Å². The molecule has 4 amide bonds. The van der Waals surface area contributed by atoms with Gasteiger partial charge in [0.05, 0.1) is 31.0 Å². The number of nitrogens with one attached hydrogen (secondary N) is 3. The van der Waals surface area contributed by atoms with Crippen LogP contribution in [0, 0.1) is 6.92 Å². The van der Waals surface area contributed by atoms with Gasteiger partial charge in [0.2, 0.25) is 5.91 Å². The molecule has 0 atom stereocenters. The van der Waals surface area contributed by atoms with E-state index in [0.717, 1.165) is 22.3 Å². The van der Waals surface area contributed by atoms with Crippen molar-refractivity contribution in [2.75, 3.05) is 36.3 Å². The van der Waals surface area contributed by atoms with Crippen molar-refractivity contribution >= 4 is 34.9 Å². The summed E-state index contributed by atoms with van der Waals surface area (Å²) in [6.45, 7) is 4.16. The molecule has 9 nitrogen and oxygen atoms in total. The van der Waals surface area contributed by atoms with Crippen LogP contribution < -0.4 is 16.0 Å². The van der Waals surface area contributed by atoms with Gasteiger partial charge in [-0.15, -0.1) is 0 Å². The molecule has 9 heteroatoms. The number of methoxy groups -OCH3 is 1. The first-order chi connectivity index (χ1) is 17.4. The molecule has 0 spiro atoms. The lowest BCUT2D eigenvalue weighted by atomic mass is 9.95. The van der Waals surface area contributed by atoms with E-state index in [2.05, 4.69) is 16.0 Å². The van der Waals surface area contributed by atoms with Crippen molar-refractivity contribution < 1.29 is 24.0 Å². The predicted octanol–water partition coefficient (Wildman–Crippen LogP) is 4.80. The first kappa shape index (κ1) is 24.9. The number of anilines is 3. The summed E-state index contributed by atoms with van der Waals surface area (Å²) in [7, 11) is 1.56. The second kappa shape index (κ2) is 11.0. The summed E-state index contributed by atoms with van der Waals surface area (Å²) in [5.74, 6) is -0.589. The number of rotatable bonds is 8. The molecule has 0 bridgehead atoms. The van der Waals surface area contributed by atoms with E-state index in [9.17, 15) is 14.4 Å². The highest BCUT2D eigenvalue weighted by atomic mass is 16.7. The minimum atomic E-state index is -0.344. The van der Waals surface area contributed by atoms with Crippen molar-refractivity contribution in [2.45, 2.75) is 20.4 Å². The number of nitrogens with zero attached hydrogens (tertiary/aromatic N) is 1. The number of hydrogen-bond acceptors (Lipinski definition) is 5. The molecule has 4 rings (SSSR count). The standard InChI is InChI=1S/C27H28N4O5/c1-17-5-4-6-21(15-17)30-27(34)29-20-9-7-19(8-10-20)22-11-12-24(28-18(2)32)25-23(22)16-31(26(25)33)36-14-13-35-3/h4-12,15H,13-14,16H2,1-3H3,(H,28,32)(H2,29,30,34). The molecule has 0 aliphatic carbocycles. The van der Waals surface area contributed by atoms with Gasteiger partial charge in [-0.05, 0) is 59.5 Å². The summed E-state index contributed by atoms with van der Waals surface area (Å²) in [6.07, 6.45) is 0. The zero-order chi connectivity index (χ0) is 25.7. The average Bonchev–Trinajstić information content (AvgIpc) is 3.16. The molecule has 1 aliphatic rings. The predicted molar refractivity (Wildman–Crippen MR) is 138 cm³/mol. The van der Waals surface area contributed by atoms with Gasteiger partial charge >= 0.3 is 6.03 Å². The van der Waals surface area contributed by atoms with E-state index in [1.807, 2.05) is 49.4 Å². The Labute approximate surface area is 209 Å². The average molecular weight is 489 g/mol. The highest BCUT2D eigenvalue weighted by Gasteiger charge is 2.33. The Hall–Kier alpha value is -4.21. The number of hydrogen-bond donors (Lipinski definition) is 3. The van der Waals surface area contributed by atoms with Crippen molar-refractivity contribution in [1.82, 2.24) is 5.06 Å². The quantitative estimate of drug-likeness (QED) is 0.395. The Bertz CT molecular complexity index is 1290. The van der Waals surface area contributed by atoms with Crippen LogP contribution >= 0.6 is 0 Å². The summed E-state index contributed by atoms with van der Waals surface area (Å²) in [4.78, 5) is 42.8. The molecule has 3 aromatic rings. The van der Waals surface area contributed by atoms with Crippen LogP contribution in [0.2, 0.25) is 0 Å². The van der Waals surface area contributed by atoms with Crippen molar-refractivity contribution in [1.29, 1.82) is 0 Å². The molecule has 3 N–H and O–H groups in total. The van der Waals surface area contributed by atoms with E-state index in [-0.39, 0.29) is 31.0 Å². The lowest BCUT2D eigenvalue weighted by Crippen LogP contribution is -2.26. The smallest absolute Gasteiger partial charge is 0.323 e. The third kappa shape index (κ3) is 5.70. The molecular formula is C27H28N4O5. The number of fused-ring (bicyclic) bond motifs is 1. The summed E-state index contributed by atoms with van der Waals surface area (Å²) in [6, 6.07) is 18.1. The summed E-state index contributed by atoms with van der Waals surface area (Å²) < 4.78 is 5.01. The van der Waals surface area contributed by atoms with Gasteiger partial charge in [-0.3, -0.25) is 14.4 Å². The van der Waals surface area contributed by atoms with Crippen LogP contribution in [0.25, 0.3) is 11.1 Å². The summed E-state index contributed by atoms with van der Waals surface area (Å²) >= 11 is 0. The molecule has 0 radical (unpaired) electrons. The van der Waals surface area contributed by atoms with E-state index in [1.54, 1.807) is 25.3 Å². The lowest BCUT2D eigenvalue weighted by Gasteiger charge is -2.15. The van der Waals surface area contributed by atoms with Gasteiger partial charge < -0.3 is 20.7 Å². The van der Waals surface area contributed by atoms with Gasteiger partial charge in [0, 0.05) is 25.4 Å². The fourth-order valence-electron chi connectivity index (χ4n) is 4.05. The molecule has 1 heterocycles. The molecule has 3 aromatic carbocycles. The number of amides is 4. The van der Waals surface area contributed by atoms with Gasteiger partial charge in [-0.1, -0.05) is 30.3 Å². The van der Waals surface area contributed by atoms with Crippen LogP contribution in [-0.2, 0) is 20.9 Å². The molecule has 0 saturated heterocycles. The van der Waals surface area contributed by atoms with Crippen molar-refractivity contribution in [3.8, 4) is 11.1 Å². The Morgan fingerprint density at radius 1 is 0.944 bits per heavy atom. The lowest BCUT2D eigenvalue weighted by molar-refractivity contribution is -0.134. The normalized spacial score (nSPS) is 12.3. The molecule has 0 fully saturated rings. The maximum atomic E-state index is 13.1. The maximum Gasteiger partial charge on any atom is 0.323 e. The summed E-state index contributed by atoms with van der Waals surface area (Å²) in [5.41, 5.74) is 5.67. The van der Waals surface area contributed by atoms with Crippen LogP contribution in [0.4, 0.5) is 21.9 Å². The van der Waals surface area contributed by atoms with E-state index in [1.165, 1.54) is 12.0 Å². The van der Waals surface area contributed by atoms with Crippen molar-refractivity contribution in [3.63, 3.8) is 0 Å². The van der Waals surface area contributed by atoms with Crippen LogP contribution in [0.1, 0.15) is 28.4 Å². The van der Waals surface area contributed by atoms with Crippen LogP contribution in [0.3, 0.4) is 0 Å². The highest BCUT2D eigenvalue weighted by molar-refractivity contribution is 6.08. The number of ether oxygens (including phenoxy) is 1. The topological polar surface area (TPSA) is 109 Å². The van der Waals surface area contributed by atoms with Gasteiger partial charge in [0.25, 0.3) is 5.91 Å². The van der Waals surface area contributed by atoms with Gasteiger partial charge in [0.15, 0.2) is 0 Å². The number of urea groups is 1. The minimum Gasteiger partial charge on any atom is -0.382 e. The molecule has 36 heavy (non-hydrogen) atoms. The molecule has 0 unspecified atom stereocenters. The van der Waals surface area contributed by atoms with E-state index < -0.39 is 0 Å². The number of benzene rings is 3. The van der Waals surface area contributed by atoms with Crippen molar-refractivity contribution in [2.24, 2.45) is 0 Å². The van der Waals surface area contributed by atoms with Crippen molar-refractivity contribution in [3.05, 3.63) is 77.4 Å². The van der Waals surface area contributed by atoms with E-state index in [4.69, 9.17) is 9.57 Å². The second-order valence-corrected chi connectivity index (χ2v) is 8.39. The molecule has 0 aromatic heterocycles. The zero-order valence-corrected chi connectivity index (χ0v) is 20.4. The third-order valence-electron chi connectivity index (χ3n) is 5.63. The van der Waals surface area contributed by atoms with Gasteiger partial charge in [0.1, 0.15) is 0 Å². The largest absolute Gasteiger partial charge is 0.382 e. The van der Waals surface area contributed by atoms with E-state index in [0.29, 0.717) is 29.2 Å². The molecule has 0 saturated carbocycles. The number of hydroxylamine groups is 2. The Morgan fingerprint density at radius 3 is 2.39 bits per heavy atom. The van der Waals surface area contributed by atoms with Gasteiger partial charge in [-0.25, -0.2) is 9.86 Å². The maximum absolute atomic E-state index is 13.1. The first-order valence-corrected chi connectivity index (χ1v) is 11.5. The third-order valence-corrected chi connectivity index (χ3v) is 5.63. The minimum absolute atomic E-state index is 0.228. The number of aryl methyl sites for hydroxylation is 1. The molecule has 1 aliphatic heterocycles. The molecular weight excluding hydrogens is 460 g/mol. The molecule has 186 valence electrons. The monoisotopic (exact) mass is 488 g/mol. The Balaban J connectivity index is 1.54. The van der Waals surface area contributed by atoms with Crippen LogP contribution in [0.5, 0.6) is 0 Å². The fraction of sp³-hybridized carbons (Fsp3) is 0.222. The van der Waals surface area contributed by atoms with Crippen LogP contribution in [0.15, 0.2) is 60.7 Å². The first-order valence-electron chi connectivity index (χ1n) is 11.5. The SMILES string of the molecule is COCCON1Cc2c(-c3ccc(NC(=O)Nc4cccc(C)c4)cc3)ccc(NC(C)=O)c2C1=O. The fourth-order valence-corrected chi connectivity index (χ4v) is 4.05. The Kier molecular flexibility index (Phi) is 7.62. The number of carbonyl (C=O) groups excluding carboxylic acids is 3.